The zero-order chi connectivity index (χ0) is 27.8. The molecule has 0 spiro atoms. The molecule has 3 heterocycles. The Morgan fingerprint density at radius 2 is 1.77 bits per heavy atom. The van der Waals surface area contributed by atoms with Gasteiger partial charge in [-0.1, -0.05) is 35.9 Å². The van der Waals surface area contributed by atoms with Crippen molar-refractivity contribution in [3.63, 3.8) is 0 Å². The van der Waals surface area contributed by atoms with Crippen molar-refractivity contribution in [2.45, 2.75) is 45.2 Å². The zero-order valence-electron chi connectivity index (χ0n) is 22.5. The average Bonchev–Trinajstić information content (AvgIpc) is 3.52. The fraction of sp³-hybridized carbons (Fsp3) is 0.290. The molecule has 1 aliphatic carbocycles. The third kappa shape index (κ3) is 5.07. The van der Waals surface area contributed by atoms with Gasteiger partial charge in [0.1, 0.15) is 0 Å². The smallest absolute Gasteiger partial charge is 0.333 e. The van der Waals surface area contributed by atoms with Crippen LogP contribution in [0.25, 0.3) is 27.8 Å². The van der Waals surface area contributed by atoms with Crippen molar-refractivity contribution in [2.75, 3.05) is 0 Å². The van der Waals surface area contributed by atoms with Crippen molar-refractivity contribution in [1.29, 1.82) is 0 Å². The molecule has 0 bridgehead atoms. The van der Waals surface area contributed by atoms with Crippen LogP contribution in [0.3, 0.4) is 0 Å². The van der Waals surface area contributed by atoms with Gasteiger partial charge in [0.2, 0.25) is 0 Å². The number of nitrogens with one attached hydrogen (secondary N) is 1. The van der Waals surface area contributed by atoms with Gasteiger partial charge >= 0.3 is 5.69 Å². The Bertz CT molecular complexity index is 1760. The number of imidazole rings is 1. The standard InChI is InChI=1S/C31H31ClN6O2/c1-20-27(15-24(32)17-33-20)30(39)35-25-12-10-21(11-13-25)18-37-28-8-3-4-9-29(28)38(31(37)40)26-7-5-6-22(14-26)23-16-34-36(2)19-23/h3-9,14-17,19,21,25H,10-13,18H2,1-2H3,(H,35,39)/t21-,25-. The molecular weight excluding hydrogens is 524 g/mol. The number of halogens is 1. The molecule has 5 aromatic rings. The van der Waals surface area contributed by atoms with Crippen molar-refractivity contribution in [3.05, 3.63) is 100.0 Å². The quantitative estimate of drug-likeness (QED) is 0.299. The molecule has 40 heavy (non-hydrogen) atoms. The topological polar surface area (TPSA) is 86.7 Å². The molecule has 1 aliphatic rings. The lowest BCUT2D eigenvalue weighted by atomic mass is 9.85. The van der Waals surface area contributed by atoms with Crippen LogP contribution in [0.2, 0.25) is 5.02 Å². The monoisotopic (exact) mass is 554 g/mol. The van der Waals surface area contributed by atoms with E-state index in [1.165, 1.54) is 0 Å². The number of carbonyl (C=O) groups excluding carboxylic acids is 1. The van der Waals surface area contributed by atoms with Crippen LogP contribution in [0.5, 0.6) is 0 Å². The number of pyridine rings is 1. The second-order valence-electron chi connectivity index (χ2n) is 10.6. The zero-order valence-corrected chi connectivity index (χ0v) is 23.3. The molecule has 0 aliphatic heterocycles. The largest absolute Gasteiger partial charge is 0.349 e. The Balaban J connectivity index is 1.20. The highest BCUT2D eigenvalue weighted by Gasteiger charge is 2.26. The Labute approximate surface area is 237 Å². The number of fused-ring (bicyclic) bond motifs is 1. The van der Waals surface area contributed by atoms with Gasteiger partial charge in [-0.25, -0.2) is 4.79 Å². The van der Waals surface area contributed by atoms with Crippen LogP contribution in [0.4, 0.5) is 0 Å². The molecule has 0 unspecified atom stereocenters. The molecule has 9 heteroatoms. The van der Waals surface area contributed by atoms with Gasteiger partial charge in [-0.05, 0) is 74.4 Å². The number of hydrogen-bond acceptors (Lipinski definition) is 4. The van der Waals surface area contributed by atoms with E-state index in [1.807, 2.05) is 84.0 Å². The maximum Gasteiger partial charge on any atom is 0.333 e. The van der Waals surface area contributed by atoms with Gasteiger partial charge in [-0.2, -0.15) is 5.10 Å². The summed E-state index contributed by atoms with van der Waals surface area (Å²) in [5.74, 6) is 0.213. The van der Waals surface area contributed by atoms with Gasteiger partial charge in [-0.15, -0.1) is 0 Å². The second kappa shape index (κ2) is 10.8. The fourth-order valence-electron chi connectivity index (χ4n) is 5.78. The normalized spacial score (nSPS) is 17.3. The lowest BCUT2D eigenvalue weighted by molar-refractivity contribution is 0.0919. The summed E-state index contributed by atoms with van der Waals surface area (Å²) in [7, 11) is 1.89. The van der Waals surface area contributed by atoms with E-state index in [-0.39, 0.29) is 17.6 Å². The highest BCUT2D eigenvalue weighted by molar-refractivity contribution is 6.30. The molecule has 1 saturated carbocycles. The van der Waals surface area contributed by atoms with Crippen LogP contribution in [0, 0.1) is 12.8 Å². The molecule has 3 aromatic heterocycles. The van der Waals surface area contributed by atoms with Gasteiger partial charge in [0.25, 0.3) is 5.91 Å². The first-order chi connectivity index (χ1) is 19.4. The summed E-state index contributed by atoms with van der Waals surface area (Å²) < 4.78 is 5.49. The number of aryl methyl sites for hydroxylation is 2. The Hall–Kier alpha value is -4.17. The van der Waals surface area contributed by atoms with Crippen molar-refractivity contribution >= 4 is 28.5 Å². The van der Waals surface area contributed by atoms with Crippen LogP contribution in [0.15, 0.2) is 78.0 Å². The number of carbonyl (C=O) groups is 1. The molecule has 1 amide bonds. The number of benzene rings is 2. The predicted octanol–water partition coefficient (Wildman–Crippen LogP) is 5.54. The van der Waals surface area contributed by atoms with Crippen molar-refractivity contribution in [1.82, 2.24) is 29.2 Å². The maximum absolute atomic E-state index is 13.9. The third-order valence-electron chi connectivity index (χ3n) is 7.90. The number of para-hydroxylation sites is 2. The predicted molar refractivity (Wildman–Crippen MR) is 157 cm³/mol. The van der Waals surface area contributed by atoms with Crippen LogP contribution >= 0.6 is 11.6 Å². The summed E-state index contributed by atoms with van der Waals surface area (Å²) in [6.07, 6.45) is 8.94. The van der Waals surface area contributed by atoms with Crippen LogP contribution in [0.1, 0.15) is 41.7 Å². The fourth-order valence-corrected chi connectivity index (χ4v) is 5.94. The van der Waals surface area contributed by atoms with E-state index in [0.29, 0.717) is 28.7 Å². The van der Waals surface area contributed by atoms with Gasteiger partial charge in [-0.3, -0.25) is 23.6 Å². The molecule has 0 atom stereocenters. The lowest BCUT2D eigenvalue weighted by Gasteiger charge is -2.29. The number of rotatable bonds is 6. The van der Waals surface area contributed by atoms with Gasteiger partial charge in [0.15, 0.2) is 0 Å². The summed E-state index contributed by atoms with van der Waals surface area (Å²) in [4.78, 5) is 30.9. The average molecular weight is 555 g/mol. The Morgan fingerprint density at radius 3 is 2.52 bits per heavy atom. The van der Waals surface area contributed by atoms with Crippen LogP contribution < -0.4 is 11.0 Å². The molecule has 0 saturated heterocycles. The van der Waals surface area contributed by atoms with Gasteiger partial charge in [0.05, 0.1) is 39.2 Å². The molecule has 8 nitrogen and oxygen atoms in total. The molecule has 204 valence electrons. The molecule has 2 aromatic carbocycles. The number of nitrogens with zero attached hydrogens (tertiary/aromatic N) is 5. The number of hydrogen-bond donors (Lipinski definition) is 1. The number of aromatic nitrogens is 5. The van der Waals surface area contributed by atoms with E-state index in [1.54, 1.807) is 16.9 Å². The Kier molecular flexibility index (Phi) is 7.02. The minimum atomic E-state index is -0.135. The highest BCUT2D eigenvalue weighted by atomic mass is 35.5. The van der Waals surface area contributed by atoms with Crippen molar-refractivity contribution in [2.24, 2.45) is 13.0 Å². The first-order valence-corrected chi connectivity index (χ1v) is 14.0. The maximum atomic E-state index is 13.9. The van der Waals surface area contributed by atoms with Gasteiger partial charge < -0.3 is 5.32 Å². The molecular formula is C31H31ClN6O2. The molecule has 1 fully saturated rings. The third-order valence-corrected chi connectivity index (χ3v) is 8.11. The summed E-state index contributed by atoms with van der Waals surface area (Å²) in [5, 5.41) is 7.90. The van der Waals surface area contributed by atoms with E-state index in [0.717, 1.165) is 53.5 Å². The van der Waals surface area contributed by atoms with E-state index < -0.39 is 0 Å². The first kappa shape index (κ1) is 26.1. The van der Waals surface area contributed by atoms with E-state index in [4.69, 9.17) is 11.6 Å². The molecule has 1 N–H and O–H groups in total. The van der Waals surface area contributed by atoms with E-state index in [9.17, 15) is 9.59 Å². The summed E-state index contributed by atoms with van der Waals surface area (Å²) in [6.45, 7) is 2.46. The Morgan fingerprint density at radius 1 is 1.00 bits per heavy atom. The summed E-state index contributed by atoms with van der Waals surface area (Å²) >= 11 is 6.06. The summed E-state index contributed by atoms with van der Waals surface area (Å²) in [6, 6.07) is 17.8. The minimum Gasteiger partial charge on any atom is -0.349 e. The minimum absolute atomic E-state index is 0.0381. The first-order valence-electron chi connectivity index (χ1n) is 13.6. The van der Waals surface area contributed by atoms with Crippen LogP contribution in [-0.4, -0.2) is 35.8 Å². The van der Waals surface area contributed by atoms with Gasteiger partial charge in [0, 0.05) is 37.6 Å². The number of amides is 1. The lowest BCUT2D eigenvalue weighted by Crippen LogP contribution is -2.39. The second-order valence-corrected chi connectivity index (χ2v) is 11.1. The van der Waals surface area contributed by atoms with E-state index >= 15 is 0 Å². The highest BCUT2D eigenvalue weighted by Crippen LogP contribution is 2.28. The SMILES string of the molecule is Cc1ncc(Cl)cc1C(=O)N[C@H]1CC[C@H](Cn2c(=O)n(-c3cccc(-c4cnn(C)c4)c3)c3ccccc32)CC1. The van der Waals surface area contributed by atoms with Crippen molar-refractivity contribution < 1.29 is 4.79 Å². The van der Waals surface area contributed by atoms with Crippen molar-refractivity contribution in [3.8, 4) is 16.8 Å². The molecule has 0 radical (unpaired) electrons. The van der Waals surface area contributed by atoms with E-state index in [2.05, 4.69) is 15.4 Å². The molecule has 6 rings (SSSR count). The summed E-state index contributed by atoms with van der Waals surface area (Å²) in [5.41, 5.74) is 5.81. The van der Waals surface area contributed by atoms with Crippen LogP contribution in [-0.2, 0) is 13.6 Å².